The van der Waals surface area contributed by atoms with Crippen molar-refractivity contribution < 1.29 is 9.59 Å². The molecule has 0 saturated heterocycles. The lowest BCUT2D eigenvalue weighted by atomic mass is 9.60. The van der Waals surface area contributed by atoms with Crippen LogP contribution in [0.1, 0.15) is 66.7 Å². The fraction of sp³-hybridized carbons (Fsp3) is 0.440. The van der Waals surface area contributed by atoms with E-state index in [2.05, 4.69) is 37.4 Å². The molecule has 0 unspecified atom stereocenters. The fourth-order valence-corrected chi connectivity index (χ4v) is 7.00. The van der Waals surface area contributed by atoms with Gasteiger partial charge in [-0.15, -0.1) is 0 Å². The molecule has 2 saturated carbocycles. The van der Waals surface area contributed by atoms with Gasteiger partial charge < -0.3 is 5.32 Å². The minimum atomic E-state index is -0.299. The van der Waals surface area contributed by atoms with Gasteiger partial charge in [0.2, 0.25) is 5.91 Å². The van der Waals surface area contributed by atoms with Crippen LogP contribution in [-0.4, -0.2) is 11.7 Å². The number of benzene rings is 2. The maximum atomic E-state index is 13.7. The number of hydrogen-bond donors (Lipinski definition) is 1. The molecule has 3 aliphatic rings. The van der Waals surface area contributed by atoms with E-state index in [1.165, 1.54) is 5.56 Å². The smallest absolute Gasteiger partial charge is 0.228 e. The molecule has 0 radical (unpaired) electrons. The van der Waals surface area contributed by atoms with Crippen LogP contribution in [0, 0.1) is 17.8 Å². The molecular weight excluding hydrogens is 417 g/mol. The molecule has 1 amide bonds. The Kier molecular flexibility index (Phi) is 4.57. The van der Waals surface area contributed by atoms with Crippen molar-refractivity contribution in [1.82, 2.24) is 5.32 Å². The third kappa shape index (κ3) is 2.78. The first-order valence-electron chi connectivity index (χ1n) is 10.6. The zero-order chi connectivity index (χ0) is 21.3. The molecule has 2 fully saturated rings. The fourth-order valence-electron chi connectivity index (χ4n) is 6.53. The molecule has 5 rings (SSSR count). The zero-order valence-electron chi connectivity index (χ0n) is 17.2. The maximum Gasteiger partial charge on any atom is 0.228 e. The average Bonchev–Trinajstić information content (AvgIpc) is 3.08. The normalized spacial score (nSPS) is 31.4. The first kappa shape index (κ1) is 20.1. The van der Waals surface area contributed by atoms with Crippen LogP contribution < -0.4 is 5.32 Å². The topological polar surface area (TPSA) is 46.2 Å². The molecule has 1 N–H and O–H groups in total. The number of rotatable bonds is 3. The molecule has 156 valence electrons. The lowest BCUT2D eigenvalue weighted by molar-refractivity contribution is -0.126. The van der Waals surface area contributed by atoms with Gasteiger partial charge in [0.15, 0.2) is 0 Å². The first-order chi connectivity index (χ1) is 14.2. The van der Waals surface area contributed by atoms with Gasteiger partial charge >= 0.3 is 0 Å². The van der Waals surface area contributed by atoms with E-state index in [0.717, 1.165) is 36.0 Å². The Balaban J connectivity index is 1.52. The molecule has 0 heterocycles. The quantitative estimate of drug-likeness (QED) is 0.639. The van der Waals surface area contributed by atoms with Gasteiger partial charge in [-0.25, -0.2) is 0 Å². The number of Topliss-reactive ketones (excluding diaryl/α,β-unsaturated/α-hetero) is 1. The van der Waals surface area contributed by atoms with Crippen LogP contribution in [0.5, 0.6) is 0 Å². The Labute approximate surface area is 187 Å². The molecule has 2 aromatic rings. The highest BCUT2D eigenvalue weighted by Crippen LogP contribution is 2.71. The lowest BCUT2D eigenvalue weighted by Crippen LogP contribution is -2.40. The van der Waals surface area contributed by atoms with E-state index in [0.29, 0.717) is 28.8 Å². The number of fused-ring (bicyclic) bond motifs is 3. The Morgan fingerprint density at radius 3 is 2.80 bits per heavy atom. The number of amides is 1. The van der Waals surface area contributed by atoms with Crippen molar-refractivity contribution in [2.75, 3.05) is 0 Å². The number of nitrogens with one attached hydrogen (secondary N) is 1. The lowest BCUT2D eigenvalue weighted by Gasteiger charge is -2.42. The number of ketones is 1. The summed E-state index contributed by atoms with van der Waals surface area (Å²) >= 11 is 12.3. The van der Waals surface area contributed by atoms with E-state index in [4.69, 9.17) is 23.2 Å². The van der Waals surface area contributed by atoms with Gasteiger partial charge in [0.1, 0.15) is 5.78 Å². The van der Waals surface area contributed by atoms with Gasteiger partial charge in [-0.05, 0) is 66.5 Å². The zero-order valence-corrected chi connectivity index (χ0v) is 18.7. The summed E-state index contributed by atoms with van der Waals surface area (Å²) in [4.78, 5) is 26.7. The highest BCUT2D eigenvalue weighted by atomic mass is 35.5. The second-order valence-electron chi connectivity index (χ2n) is 9.63. The van der Waals surface area contributed by atoms with Crippen LogP contribution in [0.3, 0.4) is 0 Å². The van der Waals surface area contributed by atoms with Crippen molar-refractivity contribution in [2.24, 2.45) is 10.8 Å². The molecule has 2 bridgehead atoms. The standard InChI is InChI=1S/C25H25Cl2NO2/c1-14-4-3-5-17-18-8-9-24(2)13-25(18,11-20(24)29)22(21(14)17)23(30)28-12-15-6-7-16(26)10-19(15)27/h3-7,10,18,22H,8-9,11-13H2,1-2H3,(H,28,30)/t18-,22+,24-,25+/m0/s1. The summed E-state index contributed by atoms with van der Waals surface area (Å²) in [6.07, 6.45) is 3.20. The van der Waals surface area contributed by atoms with Crippen molar-refractivity contribution in [2.45, 2.75) is 57.9 Å². The summed E-state index contributed by atoms with van der Waals surface area (Å²) in [6, 6.07) is 11.6. The van der Waals surface area contributed by atoms with E-state index in [9.17, 15) is 9.59 Å². The van der Waals surface area contributed by atoms with Gasteiger partial charge in [0.05, 0.1) is 5.92 Å². The van der Waals surface area contributed by atoms with E-state index >= 15 is 0 Å². The molecule has 3 nitrogen and oxygen atoms in total. The SMILES string of the molecule is Cc1cccc2c1[C@H](C(=O)NCc1ccc(Cl)cc1Cl)[C@@]13CC(=O)[C@@](C)(CC[C@@H]21)C3. The average molecular weight is 442 g/mol. The highest BCUT2D eigenvalue weighted by molar-refractivity contribution is 6.35. The Hall–Kier alpha value is -1.84. The highest BCUT2D eigenvalue weighted by Gasteiger charge is 2.66. The van der Waals surface area contributed by atoms with E-state index in [1.54, 1.807) is 12.1 Å². The molecule has 30 heavy (non-hydrogen) atoms. The predicted octanol–water partition coefficient (Wildman–Crippen LogP) is 5.95. The Morgan fingerprint density at radius 2 is 2.03 bits per heavy atom. The monoisotopic (exact) mass is 441 g/mol. The third-order valence-electron chi connectivity index (χ3n) is 7.89. The van der Waals surface area contributed by atoms with Crippen LogP contribution in [0.25, 0.3) is 0 Å². The summed E-state index contributed by atoms with van der Waals surface area (Å²) in [5.74, 6) is 0.310. The minimum Gasteiger partial charge on any atom is -0.351 e. The van der Waals surface area contributed by atoms with Crippen LogP contribution in [0.15, 0.2) is 36.4 Å². The summed E-state index contributed by atoms with van der Waals surface area (Å²) in [5.41, 5.74) is 3.80. The molecule has 0 aromatic heterocycles. The van der Waals surface area contributed by atoms with E-state index < -0.39 is 0 Å². The number of hydrogen-bond acceptors (Lipinski definition) is 2. The van der Waals surface area contributed by atoms with Crippen LogP contribution in [0.2, 0.25) is 10.0 Å². The summed E-state index contributed by atoms with van der Waals surface area (Å²) in [7, 11) is 0. The van der Waals surface area contributed by atoms with Crippen LogP contribution in [0.4, 0.5) is 0 Å². The Morgan fingerprint density at radius 1 is 1.23 bits per heavy atom. The second-order valence-corrected chi connectivity index (χ2v) is 10.5. The number of carbonyl (C=O) groups excluding carboxylic acids is 2. The van der Waals surface area contributed by atoms with Gasteiger partial charge in [0.25, 0.3) is 0 Å². The summed E-state index contributed by atoms with van der Waals surface area (Å²) in [5, 5.41) is 4.25. The van der Waals surface area contributed by atoms with Crippen LogP contribution in [-0.2, 0) is 16.1 Å². The summed E-state index contributed by atoms with van der Waals surface area (Å²) < 4.78 is 0. The van der Waals surface area contributed by atoms with Crippen molar-refractivity contribution in [3.8, 4) is 0 Å². The Bertz CT molecular complexity index is 1080. The molecule has 3 aliphatic carbocycles. The van der Waals surface area contributed by atoms with Crippen LogP contribution >= 0.6 is 23.2 Å². The third-order valence-corrected chi connectivity index (χ3v) is 8.48. The molecule has 0 aliphatic heterocycles. The first-order valence-corrected chi connectivity index (χ1v) is 11.4. The van der Waals surface area contributed by atoms with Crippen molar-refractivity contribution >= 4 is 34.9 Å². The van der Waals surface area contributed by atoms with Crippen molar-refractivity contribution in [3.63, 3.8) is 0 Å². The predicted molar refractivity (Wildman–Crippen MR) is 119 cm³/mol. The molecular formula is C25H25Cl2NO2. The molecule has 2 aromatic carbocycles. The molecule has 1 spiro atoms. The maximum absolute atomic E-state index is 13.7. The van der Waals surface area contributed by atoms with E-state index in [-0.39, 0.29) is 28.6 Å². The van der Waals surface area contributed by atoms with Gasteiger partial charge in [-0.3, -0.25) is 9.59 Å². The van der Waals surface area contributed by atoms with Gasteiger partial charge in [-0.1, -0.05) is 54.4 Å². The van der Waals surface area contributed by atoms with E-state index in [1.807, 2.05) is 6.07 Å². The second kappa shape index (κ2) is 6.83. The number of halogens is 2. The largest absolute Gasteiger partial charge is 0.351 e. The molecule has 5 heteroatoms. The number of aryl methyl sites for hydroxylation is 1. The van der Waals surface area contributed by atoms with Crippen molar-refractivity contribution in [3.05, 3.63) is 68.7 Å². The molecule has 4 atom stereocenters. The minimum absolute atomic E-state index is 0.00184. The van der Waals surface area contributed by atoms with Gasteiger partial charge in [0, 0.05) is 33.8 Å². The van der Waals surface area contributed by atoms with Crippen molar-refractivity contribution in [1.29, 1.82) is 0 Å². The number of carbonyl (C=O) groups is 2. The summed E-state index contributed by atoms with van der Waals surface area (Å²) in [6.45, 7) is 4.52. The van der Waals surface area contributed by atoms with Gasteiger partial charge in [-0.2, -0.15) is 0 Å².